The van der Waals surface area contributed by atoms with E-state index in [1.54, 1.807) is 60.7 Å². The van der Waals surface area contributed by atoms with Crippen LogP contribution in [-0.2, 0) is 4.57 Å². The molecule has 2 N–H and O–H groups in total. The van der Waals surface area contributed by atoms with E-state index in [1.807, 2.05) is 0 Å². The van der Waals surface area contributed by atoms with Gasteiger partial charge in [-0.1, -0.05) is 34.8 Å². The van der Waals surface area contributed by atoms with E-state index in [0.29, 0.717) is 67.3 Å². The number of halogens is 6. The molecule has 7 aromatic rings. The summed E-state index contributed by atoms with van der Waals surface area (Å²) in [6.45, 7) is 0. The molecule has 302 valence electrons. The fourth-order valence-corrected chi connectivity index (χ4v) is 3.73. The highest BCUT2D eigenvalue weighted by Crippen LogP contribution is 2.61. The first-order valence-electron chi connectivity index (χ1n) is 15.3. The molecule has 58 heavy (non-hydrogen) atoms. The van der Waals surface area contributed by atoms with Crippen LogP contribution in [0, 0.1) is 0 Å². The van der Waals surface area contributed by atoms with Crippen molar-refractivity contribution in [3.8, 4) is 51.8 Å². The highest BCUT2D eigenvalue weighted by Gasteiger charge is 2.05. The van der Waals surface area contributed by atoms with Gasteiger partial charge in [0.2, 0.25) is 17.6 Å². The Morgan fingerprint density at radius 1 is 0.414 bits per heavy atom. The Bertz CT molecular complexity index is 2260. The first kappa shape index (κ1) is 46.9. The van der Waals surface area contributed by atoms with E-state index in [1.165, 1.54) is 45.6 Å². The molecule has 0 fully saturated rings. The second kappa shape index (κ2) is 24.3. The van der Waals surface area contributed by atoms with E-state index in [2.05, 4.69) is 105 Å². The summed E-state index contributed by atoms with van der Waals surface area (Å²) in [5.74, 6) is 1.40. The summed E-state index contributed by atoms with van der Waals surface area (Å²) in [4.78, 5) is 21.4. The minimum absolute atomic E-state index is 0.279. The fourth-order valence-electron chi connectivity index (χ4n) is 3.42. The molecule has 7 heterocycles. The second-order valence-corrected chi connectivity index (χ2v) is 17.6. The summed E-state index contributed by atoms with van der Waals surface area (Å²) >= 11 is 30.5. The third kappa shape index (κ3) is 18.2. The lowest BCUT2D eigenvalue weighted by Gasteiger charge is -2.01. The lowest BCUT2D eigenvalue weighted by atomic mass is 10.3. The van der Waals surface area contributed by atoms with Crippen LogP contribution in [0.3, 0.4) is 0 Å². The number of hydrogen-bond acceptors (Lipinski definition) is 18. The highest BCUT2D eigenvalue weighted by molar-refractivity contribution is 8.24. The Hall–Kier alpha value is -5.47. The summed E-state index contributed by atoms with van der Waals surface area (Å²) in [5, 5.41) is 47.7. The van der Waals surface area contributed by atoms with Crippen molar-refractivity contribution in [2.45, 2.75) is 0 Å². The molecule has 0 saturated carbocycles. The molecule has 0 unspecified atom stereocenters. The number of ether oxygens (including phenoxy) is 3. The van der Waals surface area contributed by atoms with Gasteiger partial charge in [0.05, 0.1) is 21.3 Å². The third-order valence-corrected chi connectivity index (χ3v) is 6.53. The van der Waals surface area contributed by atoms with Gasteiger partial charge in [-0.2, -0.15) is 10.2 Å². The molecule has 0 aliphatic carbocycles. The average Bonchev–Trinajstić information content (AvgIpc) is 3.23. The van der Waals surface area contributed by atoms with E-state index in [9.17, 15) is 14.2 Å². The molecular weight excluding hydrogens is 908 g/mol. The van der Waals surface area contributed by atoms with Crippen LogP contribution in [0.4, 0.5) is 0 Å². The van der Waals surface area contributed by atoms with Gasteiger partial charge in [-0.05, 0) is 88.3 Å². The van der Waals surface area contributed by atoms with Gasteiger partial charge < -0.3 is 14.2 Å². The molecule has 0 saturated heterocycles. The van der Waals surface area contributed by atoms with Crippen LogP contribution in [0.5, 0.6) is 17.6 Å². The number of methoxy groups -OCH3 is 3. The van der Waals surface area contributed by atoms with Crippen LogP contribution >= 0.6 is 73.7 Å². The van der Waals surface area contributed by atoms with Crippen molar-refractivity contribution in [3.05, 3.63) is 121 Å². The molecule has 0 atom stereocenters. The topological polar surface area (TPSA) is 265 Å². The van der Waals surface area contributed by atoms with Gasteiger partial charge in [-0.25, -0.2) is 10.2 Å². The van der Waals surface area contributed by atoms with E-state index < -0.39 is 5.20 Å². The van der Waals surface area contributed by atoms with Gasteiger partial charge in [0.1, 0.15) is 34.2 Å². The highest BCUT2D eigenvalue weighted by atomic mass is 36.0. The van der Waals surface area contributed by atoms with E-state index in [0.717, 1.165) is 0 Å². The molecule has 27 heteroatoms. The van der Waals surface area contributed by atoms with Gasteiger partial charge >= 0.3 is 5.20 Å². The Kier molecular flexibility index (Phi) is 19.7. The maximum atomic E-state index is 10.7. The molecule has 7 rings (SSSR count). The minimum atomic E-state index is -3.22. The van der Waals surface area contributed by atoms with Crippen molar-refractivity contribution in [1.29, 1.82) is 0 Å². The van der Waals surface area contributed by atoms with E-state index >= 15 is 0 Å². The molecule has 0 radical (unpaired) electrons. The average molecular weight is 933 g/mol. The van der Waals surface area contributed by atoms with Crippen molar-refractivity contribution in [3.63, 3.8) is 0 Å². The smallest absolute Gasteiger partial charge is 0.339 e. The second-order valence-electron chi connectivity index (χ2n) is 9.81. The molecule has 20 nitrogen and oxygen atoms in total. The number of hydrogen-bond donors (Lipinski definition) is 2. The minimum Gasteiger partial charge on any atom is -0.480 e. The van der Waals surface area contributed by atoms with E-state index in [-0.39, 0.29) is 11.1 Å². The molecule has 0 aliphatic rings. The van der Waals surface area contributed by atoms with Crippen molar-refractivity contribution in [2.75, 3.05) is 21.3 Å². The summed E-state index contributed by atoms with van der Waals surface area (Å²) < 4.78 is 24.1. The zero-order valence-corrected chi connectivity index (χ0v) is 35.0. The monoisotopic (exact) mass is 930 g/mol. The Balaban J connectivity index is 0.000000202. The SMILES string of the molecule is COc1ccc(-c2ccc(OC)nn2)nn1.COc1ccc(Cl)nn1.Clc1ccc(-c2ccc(Cl)nn2)nn1.O=P(Cl)(Cl)Cl.O=c1ccc(-c2ccc(=O)[nH]n2)n[nH]1. The quantitative estimate of drug-likeness (QED) is 0.165. The number of rotatable bonds is 6. The third-order valence-electron chi connectivity index (χ3n) is 5.92. The normalized spacial score (nSPS) is 10.0. The summed E-state index contributed by atoms with van der Waals surface area (Å²) in [5.41, 5.74) is 2.93. The fraction of sp³-hybridized carbons (Fsp3) is 0.0968. The van der Waals surface area contributed by atoms with Gasteiger partial charge in [-0.3, -0.25) is 14.2 Å². The van der Waals surface area contributed by atoms with Gasteiger partial charge in [0, 0.05) is 30.3 Å². The first-order valence-corrected chi connectivity index (χ1v) is 20.8. The van der Waals surface area contributed by atoms with Crippen molar-refractivity contribution >= 4 is 73.7 Å². The molecule has 0 aromatic carbocycles. The van der Waals surface area contributed by atoms with E-state index in [4.69, 9.17) is 49.0 Å². The number of aromatic amines is 2. The van der Waals surface area contributed by atoms with Crippen molar-refractivity contribution in [2.24, 2.45) is 0 Å². The molecule has 0 spiro atoms. The number of nitrogens with one attached hydrogen (secondary N) is 2. The maximum Gasteiger partial charge on any atom is 0.339 e. The first-order chi connectivity index (χ1) is 27.7. The Morgan fingerprint density at radius 3 is 0.897 bits per heavy atom. The lowest BCUT2D eigenvalue weighted by molar-refractivity contribution is 0.391. The zero-order chi connectivity index (χ0) is 42.5. The van der Waals surface area contributed by atoms with Crippen LogP contribution in [0.2, 0.25) is 15.5 Å². The van der Waals surface area contributed by atoms with Gasteiger partial charge in [-0.15, -0.1) is 51.0 Å². The summed E-state index contributed by atoms with van der Waals surface area (Å²) in [7, 11) is 4.60. The molecule has 0 bridgehead atoms. The van der Waals surface area contributed by atoms with Crippen molar-refractivity contribution < 1.29 is 18.8 Å². The van der Waals surface area contributed by atoms with Gasteiger partial charge in [0.15, 0.2) is 15.5 Å². The molecule has 0 amide bonds. The predicted octanol–water partition coefficient (Wildman–Crippen LogP) is 6.66. The maximum absolute atomic E-state index is 10.7. The van der Waals surface area contributed by atoms with Crippen LogP contribution in [0.25, 0.3) is 34.2 Å². The van der Waals surface area contributed by atoms with Crippen LogP contribution in [-0.4, -0.2) is 92.7 Å². The molecule has 0 aliphatic heterocycles. The number of H-pyrrole nitrogens is 2. The predicted molar refractivity (Wildman–Crippen MR) is 217 cm³/mol. The summed E-state index contributed by atoms with van der Waals surface area (Å²) in [6, 6.07) is 22.7. The summed E-state index contributed by atoms with van der Waals surface area (Å²) in [6.07, 6.45) is 0. The number of aromatic nitrogens is 14. The number of nitrogens with zero attached hydrogens (tertiary/aromatic N) is 12. The largest absolute Gasteiger partial charge is 0.480 e. The zero-order valence-electron chi connectivity index (χ0n) is 29.6. The van der Waals surface area contributed by atoms with Crippen molar-refractivity contribution in [1.82, 2.24) is 71.4 Å². The van der Waals surface area contributed by atoms with Crippen LogP contribution < -0.4 is 25.3 Å². The Labute approximate surface area is 356 Å². The van der Waals surface area contributed by atoms with Gasteiger partial charge in [0.25, 0.3) is 11.1 Å². The molecule has 7 aromatic heterocycles. The Morgan fingerprint density at radius 2 is 0.672 bits per heavy atom. The van der Waals surface area contributed by atoms with Crippen LogP contribution in [0.15, 0.2) is 94.5 Å². The van der Waals surface area contributed by atoms with Crippen LogP contribution in [0.1, 0.15) is 0 Å². The lowest BCUT2D eigenvalue weighted by Crippen LogP contribution is -2.09. The standard InChI is InChI=1S/C10H10N4O2.C8H4Cl2N4.C8H6N4O2.C5H5ClN2O.Cl3OP/c1-15-9-5-3-7(11-13-9)8-4-6-10(16-2)14-12-8;9-7-3-1-5(11-13-7)6-2-4-8(10)14-12-6;13-7-3-1-5(9-11-7)6-2-4-8(14)12-10-6;1-9-5-3-2-4(6)7-8-5;1-5(2,3)4/h3-6H,1-2H3;1-4H;1-4H,(H,11,13)(H,12,14);2-3H,1H3;. The molecular formula is C31H25Cl6N14O6P.